The van der Waals surface area contributed by atoms with Gasteiger partial charge in [0, 0.05) is 18.8 Å². The molecule has 0 saturated heterocycles. The standard InChI is InChI=1S/C9H11ClN2O3/c10-7-3-8(5-11-4-7)15-6-9(14)12-1-2-13/h3-5,13H,1-2,6H2,(H,12,14). The van der Waals surface area contributed by atoms with Gasteiger partial charge in [-0.2, -0.15) is 0 Å². The van der Waals surface area contributed by atoms with Crippen LogP contribution in [0.4, 0.5) is 0 Å². The maximum absolute atomic E-state index is 11.1. The van der Waals surface area contributed by atoms with Gasteiger partial charge in [0.25, 0.3) is 5.91 Å². The van der Waals surface area contributed by atoms with Crippen molar-refractivity contribution in [2.75, 3.05) is 19.8 Å². The molecule has 0 atom stereocenters. The van der Waals surface area contributed by atoms with E-state index in [0.29, 0.717) is 10.8 Å². The van der Waals surface area contributed by atoms with Crippen molar-refractivity contribution >= 4 is 17.5 Å². The van der Waals surface area contributed by atoms with Crippen molar-refractivity contribution in [2.24, 2.45) is 0 Å². The Morgan fingerprint density at radius 3 is 3.07 bits per heavy atom. The van der Waals surface area contributed by atoms with Gasteiger partial charge in [0.2, 0.25) is 0 Å². The Balaban J connectivity index is 2.33. The molecule has 15 heavy (non-hydrogen) atoms. The van der Waals surface area contributed by atoms with Crippen LogP contribution in [0.15, 0.2) is 18.5 Å². The number of ether oxygens (including phenoxy) is 1. The highest BCUT2D eigenvalue weighted by Gasteiger charge is 2.02. The Morgan fingerprint density at radius 1 is 1.60 bits per heavy atom. The average molecular weight is 231 g/mol. The first-order chi connectivity index (χ1) is 7.22. The van der Waals surface area contributed by atoms with Crippen molar-refractivity contribution in [3.8, 4) is 5.75 Å². The summed E-state index contributed by atoms with van der Waals surface area (Å²) in [4.78, 5) is 14.9. The number of hydrogen-bond donors (Lipinski definition) is 2. The number of amides is 1. The molecule has 0 saturated carbocycles. The van der Waals surface area contributed by atoms with E-state index in [0.717, 1.165) is 0 Å². The molecule has 0 fully saturated rings. The van der Waals surface area contributed by atoms with Crippen LogP contribution >= 0.6 is 11.6 Å². The van der Waals surface area contributed by atoms with Crippen LogP contribution in [0.2, 0.25) is 5.02 Å². The van der Waals surface area contributed by atoms with Crippen LogP contribution in [-0.4, -0.2) is 35.8 Å². The summed E-state index contributed by atoms with van der Waals surface area (Å²) in [7, 11) is 0. The van der Waals surface area contributed by atoms with E-state index in [1.54, 1.807) is 6.07 Å². The van der Waals surface area contributed by atoms with Gasteiger partial charge in [-0.05, 0) is 0 Å². The van der Waals surface area contributed by atoms with Gasteiger partial charge < -0.3 is 15.2 Å². The Kier molecular flexibility index (Phi) is 4.86. The molecule has 0 aromatic carbocycles. The molecular formula is C9H11ClN2O3. The van der Waals surface area contributed by atoms with E-state index in [2.05, 4.69) is 10.3 Å². The van der Waals surface area contributed by atoms with Crippen LogP contribution in [0.1, 0.15) is 0 Å². The van der Waals surface area contributed by atoms with Crippen molar-refractivity contribution in [3.63, 3.8) is 0 Å². The predicted molar refractivity (Wildman–Crippen MR) is 54.8 cm³/mol. The summed E-state index contributed by atoms with van der Waals surface area (Å²) in [5, 5.41) is 11.4. The number of nitrogens with one attached hydrogen (secondary N) is 1. The van der Waals surface area contributed by atoms with Crippen molar-refractivity contribution in [2.45, 2.75) is 0 Å². The molecule has 1 aromatic rings. The second kappa shape index (κ2) is 6.21. The number of nitrogens with zero attached hydrogens (tertiary/aromatic N) is 1. The average Bonchev–Trinajstić information content (AvgIpc) is 2.23. The fraction of sp³-hybridized carbons (Fsp3) is 0.333. The van der Waals surface area contributed by atoms with Crippen molar-refractivity contribution in [1.29, 1.82) is 0 Å². The zero-order valence-corrected chi connectivity index (χ0v) is 8.70. The molecule has 1 amide bonds. The molecule has 0 unspecified atom stereocenters. The van der Waals surface area contributed by atoms with Gasteiger partial charge in [0.15, 0.2) is 6.61 Å². The van der Waals surface area contributed by atoms with Gasteiger partial charge in [-0.1, -0.05) is 11.6 Å². The van der Waals surface area contributed by atoms with E-state index < -0.39 is 0 Å². The van der Waals surface area contributed by atoms with E-state index in [9.17, 15) is 4.79 Å². The molecule has 0 radical (unpaired) electrons. The van der Waals surface area contributed by atoms with Crippen LogP contribution in [0, 0.1) is 0 Å². The fourth-order valence-corrected chi connectivity index (χ4v) is 1.03. The number of hydrogen-bond acceptors (Lipinski definition) is 4. The summed E-state index contributed by atoms with van der Waals surface area (Å²) < 4.78 is 5.11. The Morgan fingerprint density at radius 2 is 2.40 bits per heavy atom. The fourth-order valence-electron chi connectivity index (χ4n) is 0.867. The minimum atomic E-state index is -0.302. The highest BCUT2D eigenvalue weighted by molar-refractivity contribution is 6.30. The minimum absolute atomic E-state index is 0.0928. The Labute approximate surface area is 92.0 Å². The van der Waals surface area contributed by atoms with Crippen LogP contribution < -0.4 is 10.1 Å². The normalized spacial score (nSPS) is 9.73. The lowest BCUT2D eigenvalue weighted by Crippen LogP contribution is -2.31. The molecule has 0 aliphatic rings. The smallest absolute Gasteiger partial charge is 0.258 e. The summed E-state index contributed by atoms with van der Waals surface area (Å²) in [5.74, 6) is 0.130. The highest BCUT2D eigenvalue weighted by Crippen LogP contribution is 2.14. The van der Waals surface area contributed by atoms with E-state index in [-0.39, 0.29) is 25.7 Å². The number of rotatable bonds is 5. The molecule has 0 bridgehead atoms. The number of halogens is 1. The van der Waals surface area contributed by atoms with Crippen molar-refractivity contribution < 1.29 is 14.6 Å². The third-order valence-electron chi connectivity index (χ3n) is 1.48. The van der Waals surface area contributed by atoms with E-state index in [1.165, 1.54) is 12.4 Å². The molecule has 2 N–H and O–H groups in total. The summed E-state index contributed by atoms with van der Waals surface area (Å²) in [6, 6.07) is 1.56. The minimum Gasteiger partial charge on any atom is -0.482 e. The summed E-state index contributed by atoms with van der Waals surface area (Å²) >= 11 is 5.67. The van der Waals surface area contributed by atoms with E-state index in [1.807, 2.05) is 0 Å². The molecule has 0 aliphatic carbocycles. The summed E-state index contributed by atoms with van der Waals surface area (Å²) in [5.41, 5.74) is 0. The zero-order chi connectivity index (χ0) is 11.1. The quantitative estimate of drug-likeness (QED) is 0.759. The van der Waals surface area contributed by atoms with Crippen molar-refractivity contribution in [3.05, 3.63) is 23.5 Å². The van der Waals surface area contributed by atoms with Gasteiger partial charge >= 0.3 is 0 Å². The van der Waals surface area contributed by atoms with Gasteiger partial charge in [-0.25, -0.2) is 0 Å². The molecule has 5 nitrogen and oxygen atoms in total. The first kappa shape index (κ1) is 11.7. The lowest BCUT2D eigenvalue weighted by Gasteiger charge is -2.05. The van der Waals surface area contributed by atoms with E-state index >= 15 is 0 Å². The SMILES string of the molecule is O=C(COc1cncc(Cl)c1)NCCO. The molecule has 6 heteroatoms. The topological polar surface area (TPSA) is 71.5 Å². The monoisotopic (exact) mass is 230 g/mol. The Hall–Kier alpha value is -1.33. The number of carbonyl (C=O) groups excluding carboxylic acids is 1. The van der Waals surface area contributed by atoms with Crippen LogP contribution in [-0.2, 0) is 4.79 Å². The van der Waals surface area contributed by atoms with E-state index in [4.69, 9.17) is 21.4 Å². The molecule has 1 rings (SSSR count). The number of carbonyl (C=O) groups is 1. The van der Waals surface area contributed by atoms with Crippen LogP contribution in [0.25, 0.3) is 0 Å². The lowest BCUT2D eigenvalue weighted by molar-refractivity contribution is -0.123. The van der Waals surface area contributed by atoms with Crippen LogP contribution in [0.3, 0.4) is 0 Å². The third kappa shape index (κ3) is 4.62. The molecule has 0 aliphatic heterocycles. The maximum Gasteiger partial charge on any atom is 0.258 e. The molecular weight excluding hydrogens is 220 g/mol. The van der Waals surface area contributed by atoms with Gasteiger partial charge in [-0.3, -0.25) is 9.78 Å². The maximum atomic E-state index is 11.1. The lowest BCUT2D eigenvalue weighted by atomic mass is 10.4. The predicted octanol–water partition coefficient (Wildman–Crippen LogP) is 0.222. The second-order valence-electron chi connectivity index (χ2n) is 2.70. The third-order valence-corrected chi connectivity index (χ3v) is 1.69. The molecule has 1 aromatic heterocycles. The Bertz CT molecular complexity index is 333. The summed E-state index contributed by atoms with van der Waals surface area (Å²) in [6.07, 6.45) is 2.94. The number of aliphatic hydroxyl groups is 1. The van der Waals surface area contributed by atoms with Gasteiger partial charge in [-0.15, -0.1) is 0 Å². The number of aromatic nitrogens is 1. The molecule has 1 heterocycles. The molecule has 0 spiro atoms. The zero-order valence-electron chi connectivity index (χ0n) is 7.94. The largest absolute Gasteiger partial charge is 0.482 e. The van der Waals surface area contributed by atoms with Crippen LogP contribution in [0.5, 0.6) is 5.75 Å². The number of aliphatic hydroxyl groups excluding tert-OH is 1. The van der Waals surface area contributed by atoms with Gasteiger partial charge in [0.1, 0.15) is 5.75 Å². The number of pyridine rings is 1. The molecule has 82 valence electrons. The second-order valence-corrected chi connectivity index (χ2v) is 3.14. The van der Waals surface area contributed by atoms with Gasteiger partial charge in [0.05, 0.1) is 17.8 Å². The first-order valence-electron chi connectivity index (χ1n) is 4.33. The van der Waals surface area contributed by atoms with Crippen molar-refractivity contribution in [1.82, 2.24) is 10.3 Å². The summed E-state index contributed by atoms with van der Waals surface area (Å²) in [6.45, 7) is 0.00245. The highest BCUT2D eigenvalue weighted by atomic mass is 35.5. The first-order valence-corrected chi connectivity index (χ1v) is 4.71.